The summed E-state index contributed by atoms with van der Waals surface area (Å²) in [5.74, 6) is 0.819. The fourth-order valence-electron chi connectivity index (χ4n) is 3.05. The fraction of sp³-hybridized carbons (Fsp3) is 0.333. The summed E-state index contributed by atoms with van der Waals surface area (Å²) < 4.78 is 0. The van der Waals surface area contributed by atoms with Gasteiger partial charge in [0.25, 0.3) is 5.56 Å². The van der Waals surface area contributed by atoms with E-state index in [9.17, 15) is 4.79 Å². The molecule has 1 aliphatic carbocycles. The fourth-order valence-corrected chi connectivity index (χ4v) is 5.18. The van der Waals surface area contributed by atoms with Gasteiger partial charge in [-0.05, 0) is 43.7 Å². The molecule has 0 aliphatic heterocycles. The van der Waals surface area contributed by atoms with E-state index in [0.717, 1.165) is 34.0 Å². The maximum atomic E-state index is 12.5. The van der Waals surface area contributed by atoms with E-state index < -0.39 is 0 Å². The molecule has 0 saturated carbocycles. The minimum absolute atomic E-state index is 0.0285. The zero-order valence-corrected chi connectivity index (χ0v) is 14.6. The van der Waals surface area contributed by atoms with Crippen LogP contribution in [0.2, 0.25) is 0 Å². The van der Waals surface area contributed by atoms with Gasteiger partial charge in [-0.25, -0.2) is 4.98 Å². The van der Waals surface area contributed by atoms with E-state index in [2.05, 4.69) is 36.2 Å². The summed E-state index contributed by atoms with van der Waals surface area (Å²) in [7, 11) is 0. The maximum Gasteiger partial charge on any atom is 0.260 e. The van der Waals surface area contributed by atoms with Crippen LogP contribution in [0.5, 0.6) is 0 Å². The average Bonchev–Trinajstić information content (AvgIpc) is 2.93. The Morgan fingerprint density at radius 2 is 2.00 bits per heavy atom. The van der Waals surface area contributed by atoms with Crippen molar-refractivity contribution in [3.63, 3.8) is 0 Å². The number of aromatic nitrogens is 2. The van der Waals surface area contributed by atoms with Crippen molar-refractivity contribution in [2.45, 2.75) is 43.5 Å². The Morgan fingerprint density at radius 1 is 1.22 bits per heavy atom. The van der Waals surface area contributed by atoms with Gasteiger partial charge >= 0.3 is 0 Å². The van der Waals surface area contributed by atoms with E-state index in [1.165, 1.54) is 34.4 Å². The first-order valence-corrected chi connectivity index (χ1v) is 9.74. The van der Waals surface area contributed by atoms with Gasteiger partial charge in [0.1, 0.15) is 4.83 Å². The molecule has 0 spiro atoms. The number of nitrogens with zero attached hydrogens (tertiary/aromatic N) is 1. The van der Waals surface area contributed by atoms with E-state index in [4.69, 9.17) is 4.98 Å². The lowest BCUT2D eigenvalue weighted by Crippen LogP contribution is -2.10. The second-order valence-corrected chi connectivity index (χ2v) is 8.08. The monoisotopic (exact) mass is 342 g/mol. The molecule has 0 saturated heterocycles. The van der Waals surface area contributed by atoms with Crippen molar-refractivity contribution in [3.05, 3.63) is 56.2 Å². The highest BCUT2D eigenvalue weighted by molar-refractivity contribution is 7.98. The largest absolute Gasteiger partial charge is 0.301 e. The molecule has 5 heteroatoms. The first-order valence-electron chi connectivity index (χ1n) is 7.93. The number of benzene rings is 1. The van der Waals surface area contributed by atoms with Crippen molar-refractivity contribution in [2.24, 2.45) is 0 Å². The van der Waals surface area contributed by atoms with E-state index >= 15 is 0 Å². The molecule has 1 aromatic carbocycles. The van der Waals surface area contributed by atoms with Crippen molar-refractivity contribution in [2.75, 3.05) is 0 Å². The van der Waals surface area contributed by atoms with Gasteiger partial charge in [0, 0.05) is 10.6 Å². The van der Waals surface area contributed by atoms with Crippen LogP contribution >= 0.6 is 23.1 Å². The molecule has 1 aliphatic rings. The van der Waals surface area contributed by atoms with Crippen LogP contribution in [0.3, 0.4) is 0 Å². The zero-order chi connectivity index (χ0) is 15.8. The topological polar surface area (TPSA) is 45.8 Å². The van der Waals surface area contributed by atoms with Crippen LogP contribution in [-0.4, -0.2) is 9.97 Å². The molecule has 0 atom stereocenters. The number of hydrogen-bond donors (Lipinski definition) is 1. The molecule has 3 aromatic rings. The summed E-state index contributed by atoms with van der Waals surface area (Å²) in [6, 6.07) is 8.48. The van der Waals surface area contributed by atoms with Crippen molar-refractivity contribution in [3.8, 4) is 0 Å². The Balaban J connectivity index is 1.63. The van der Waals surface area contributed by atoms with Crippen LogP contribution in [0.1, 0.15) is 34.4 Å². The summed E-state index contributed by atoms with van der Waals surface area (Å²) in [4.78, 5) is 22.4. The second kappa shape index (κ2) is 6.13. The Bertz CT molecular complexity index is 909. The molecule has 0 unspecified atom stereocenters. The normalized spacial score (nSPS) is 14.1. The summed E-state index contributed by atoms with van der Waals surface area (Å²) in [5, 5.41) is 1.56. The van der Waals surface area contributed by atoms with Crippen LogP contribution in [0, 0.1) is 6.92 Å². The lowest BCUT2D eigenvalue weighted by Gasteiger charge is -2.09. The molecule has 0 amide bonds. The van der Waals surface area contributed by atoms with Crippen molar-refractivity contribution in [1.82, 2.24) is 9.97 Å². The van der Waals surface area contributed by atoms with Crippen LogP contribution in [0.15, 0.2) is 34.2 Å². The standard InChI is InChI=1S/C18H18N2OS2/c1-11-6-8-12(9-7-11)10-22-18-19-16(21)15-13-4-2-3-5-14(13)23-17(15)20-18/h6-9H,2-5,10H2,1H3,(H,19,20,21). The predicted octanol–water partition coefficient (Wildman–Crippen LogP) is 4.46. The van der Waals surface area contributed by atoms with E-state index in [-0.39, 0.29) is 5.56 Å². The van der Waals surface area contributed by atoms with Gasteiger partial charge in [-0.3, -0.25) is 4.79 Å². The summed E-state index contributed by atoms with van der Waals surface area (Å²) >= 11 is 3.30. The quantitative estimate of drug-likeness (QED) is 0.564. The number of aryl methyl sites for hydroxylation is 3. The van der Waals surface area contributed by atoms with Crippen LogP contribution in [0.25, 0.3) is 10.2 Å². The Morgan fingerprint density at radius 3 is 2.83 bits per heavy atom. The number of rotatable bonds is 3. The first kappa shape index (κ1) is 15.0. The summed E-state index contributed by atoms with van der Waals surface area (Å²) in [6.07, 6.45) is 4.53. The number of hydrogen-bond acceptors (Lipinski definition) is 4. The minimum Gasteiger partial charge on any atom is -0.301 e. The van der Waals surface area contributed by atoms with Gasteiger partial charge in [-0.2, -0.15) is 0 Å². The molecule has 0 radical (unpaired) electrons. The molecule has 1 N–H and O–H groups in total. The van der Waals surface area contributed by atoms with E-state index in [1.807, 2.05) is 0 Å². The van der Waals surface area contributed by atoms with Crippen molar-refractivity contribution >= 4 is 33.3 Å². The second-order valence-electron chi connectivity index (χ2n) is 6.04. The molecule has 2 aromatic heterocycles. The van der Waals surface area contributed by atoms with Crippen LogP contribution in [0.4, 0.5) is 0 Å². The van der Waals surface area contributed by atoms with Gasteiger partial charge in [-0.1, -0.05) is 41.6 Å². The number of thioether (sulfide) groups is 1. The maximum absolute atomic E-state index is 12.5. The number of nitrogens with one attached hydrogen (secondary N) is 1. The Labute approximate surface area is 143 Å². The SMILES string of the molecule is Cc1ccc(CSc2nc3sc4c(c3c(=O)[nH]2)CCCC4)cc1. The van der Waals surface area contributed by atoms with Crippen molar-refractivity contribution in [1.29, 1.82) is 0 Å². The first-order chi connectivity index (χ1) is 11.2. The molecule has 118 valence electrons. The molecule has 2 heterocycles. The van der Waals surface area contributed by atoms with Gasteiger partial charge in [0.05, 0.1) is 5.39 Å². The third-order valence-corrected chi connectivity index (χ3v) is 6.43. The molecule has 4 rings (SSSR count). The molecule has 23 heavy (non-hydrogen) atoms. The number of fused-ring (bicyclic) bond motifs is 3. The van der Waals surface area contributed by atoms with Gasteiger partial charge < -0.3 is 4.98 Å². The molecule has 0 bridgehead atoms. The smallest absolute Gasteiger partial charge is 0.260 e. The van der Waals surface area contributed by atoms with Crippen molar-refractivity contribution < 1.29 is 0 Å². The zero-order valence-electron chi connectivity index (χ0n) is 13.0. The number of H-pyrrole nitrogens is 1. The molecular formula is C18H18N2OS2. The van der Waals surface area contributed by atoms with Crippen LogP contribution in [-0.2, 0) is 18.6 Å². The van der Waals surface area contributed by atoms with Gasteiger partial charge in [0.2, 0.25) is 0 Å². The summed E-state index contributed by atoms with van der Waals surface area (Å²) in [5.41, 5.74) is 3.78. The summed E-state index contributed by atoms with van der Waals surface area (Å²) in [6.45, 7) is 2.09. The highest BCUT2D eigenvalue weighted by atomic mass is 32.2. The number of thiophene rings is 1. The predicted molar refractivity (Wildman–Crippen MR) is 97.6 cm³/mol. The highest BCUT2D eigenvalue weighted by Crippen LogP contribution is 2.34. The van der Waals surface area contributed by atoms with E-state index in [1.54, 1.807) is 23.1 Å². The molecule has 0 fully saturated rings. The Hall–Kier alpha value is -1.59. The van der Waals surface area contributed by atoms with E-state index in [0.29, 0.717) is 0 Å². The minimum atomic E-state index is 0.0285. The molecular weight excluding hydrogens is 324 g/mol. The van der Waals surface area contributed by atoms with Gasteiger partial charge in [0.15, 0.2) is 5.16 Å². The van der Waals surface area contributed by atoms with Gasteiger partial charge in [-0.15, -0.1) is 11.3 Å². The lowest BCUT2D eigenvalue weighted by molar-refractivity contribution is 0.700. The van der Waals surface area contributed by atoms with Crippen LogP contribution < -0.4 is 5.56 Å². The Kier molecular flexibility index (Phi) is 3.99. The lowest BCUT2D eigenvalue weighted by atomic mass is 9.97. The number of aromatic amines is 1. The molecule has 3 nitrogen and oxygen atoms in total. The third-order valence-electron chi connectivity index (χ3n) is 4.30. The third kappa shape index (κ3) is 2.95. The average molecular weight is 342 g/mol. The highest BCUT2D eigenvalue weighted by Gasteiger charge is 2.19.